The second-order valence-electron chi connectivity index (χ2n) is 3.93. The molecular formula is C13H18O3. The van der Waals surface area contributed by atoms with Gasteiger partial charge in [0.25, 0.3) is 0 Å². The Morgan fingerprint density at radius 2 is 1.81 bits per heavy atom. The summed E-state index contributed by atoms with van der Waals surface area (Å²) in [5, 5.41) is 0. The van der Waals surface area contributed by atoms with Crippen molar-refractivity contribution in [3.8, 4) is 17.2 Å². The zero-order valence-corrected chi connectivity index (χ0v) is 10.2. The van der Waals surface area contributed by atoms with E-state index in [1.807, 2.05) is 26.0 Å². The largest absolute Gasteiger partial charge is 0.497 e. The van der Waals surface area contributed by atoms with Crippen LogP contribution in [0.2, 0.25) is 0 Å². The van der Waals surface area contributed by atoms with Crippen molar-refractivity contribution in [1.82, 2.24) is 0 Å². The van der Waals surface area contributed by atoms with Gasteiger partial charge in [0.1, 0.15) is 11.4 Å². The summed E-state index contributed by atoms with van der Waals surface area (Å²) in [6.07, 6.45) is 1.74. The molecule has 0 saturated heterocycles. The molecule has 0 unspecified atom stereocenters. The summed E-state index contributed by atoms with van der Waals surface area (Å²) < 4.78 is 16.2. The third-order valence-electron chi connectivity index (χ3n) is 2.24. The van der Waals surface area contributed by atoms with Gasteiger partial charge in [0.05, 0.1) is 14.2 Å². The molecule has 1 aromatic carbocycles. The molecule has 0 aliphatic carbocycles. The van der Waals surface area contributed by atoms with Gasteiger partial charge in [0, 0.05) is 6.07 Å². The van der Waals surface area contributed by atoms with E-state index in [0.717, 1.165) is 5.75 Å². The first-order chi connectivity index (χ1) is 7.52. The molecular weight excluding hydrogens is 204 g/mol. The van der Waals surface area contributed by atoms with Crippen molar-refractivity contribution in [3.05, 3.63) is 30.9 Å². The number of hydrogen-bond acceptors (Lipinski definition) is 3. The average Bonchev–Trinajstić information content (AvgIpc) is 2.28. The van der Waals surface area contributed by atoms with Crippen LogP contribution in [0.25, 0.3) is 0 Å². The molecule has 1 rings (SSSR count). The van der Waals surface area contributed by atoms with Crippen LogP contribution < -0.4 is 14.2 Å². The lowest BCUT2D eigenvalue weighted by atomic mass is 10.1. The smallest absolute Gasteiger partial charge is 0.166 e. The molecule has 16 heavy (non-hydrogen) atoms. The Hall–Kier alpha value is -1.64. The van der Waals surface area contributed by atoms with Crippen molar-refractivity contribution in [3.63, 3.8) is 0 Å². The molecule has 3 heteroatoms. The SMILES string of the molecule is C=CC(C)(C)Oc1cc(OC)ccc1OC. The van der Waals surface area contributed by atoms with Crippen LogP contribution in [0.1, 0.15) is 13.8 Å². The van der Waals surface area contributed by atoms with Crippen molar-refractivity contribution >= 4 is 0 Å². The molecule has 0 aromatic heterocycles. The van der Waals surface area contributed by atoms with Crippen LogP contribution in [-0.4, -0.2) is 19.8 Å². The van der Waals surface area contributed by atoms with Gasteiger partial charge in [-0.15, -0.1) is 0 Å². The highest BCUT2D eigenvalue weighted by Gasteiger charge is 2.17. The Labute approximate surface area is 96.6 Å². The van der Waals surface area contributed by atoms with Gasteiger partial charge in [0.2, 0.25) is 0 Å². The summed E-state index contributed by atoms with van der Waals surface area (Å²) in [4.78, 5) is 0. The van der Waals surface area contributed by atoms with Crippen molar-refractivity contribution in [2.75, 3.05) is 14.2 Å². The summed E-state index contributed by atoms with van der Waals surface area (Å²) in [5.41, 5.74) is -0.445. The van der Waals surface area contributed by atoms with Gasteiger partial charge in [0.15, 0.2) is 11.5 Å². The van der Waals surface area contributed by atoms with E-state index in [2.05, 4.69) is 6.58 Å². The van der Waals surface area contributed by atoms with E-state index in [1.54, 1.807) is 26.4 Å². The van der Waals surface area contributed by atoms with Gasteiger partial charge in [-0.1, -0.05) is 6.58 Å². The molecule has 0 spiro atoms. The second kappa shape index (κ2) is 4.92. The van der Waals surface area contributed by atoms with Gasteiger partial charge in [-0.2, -0.15) is 0 Å². The monoisotopic (exact) mass is 222 g/mol. The highest BCUT2D eigenvalue weighted by atomic mass is 16.5. The lowest BCUT2D eigenvalue weighted by Crippen LogP contribution is -2.24. The summed E-state index contributed by atoms with van der Waals surface area (Å²) in [6, 6.07) is 5.43. The molecule has 0 saturated carbocycles. The van der Waals surface area contributed by atoms with E-state index in [1.165, 1.54) is 0 Å². The molecule has 0 N–H and O–H groups in total. The van der Waals surface area contributed by atoms with Crippen LogP contribution in [0.3, 0.4) is 0 Å². The molecule has 0 radical (unpaired) electrons. The van der Waals surface area contributed by atoms with Crippen LogP contribution in [0.5, 0.6) is 17.2 Å². The summed E-state index contributed by atoms with van der Waals surface area (Å²) in [7, 11) is 3.22. The summed E-state index contributed by atoms with van der Waals surface area (Å²) >= 11 is 0. The van der Waals surface area contributed by atoms with E-state index in [9.17, 15) is 0 Å². The van der Waals surface area contributed by atoms with Crippen molar-refractivity contribution in [2.24, 2.45) is 0 Å². The molecule has 0 atom stereocenters. The standard InChI is InChI=1S/C13H18O3/c1-6-13(2,3)16-12-9-10(14-4)7-8-11(12)15-5/h6-9H,1H2,2-5H3. The first kappa shape index (κ1) is 12.4. The van der Waals surface area contributed by atoms with Gasteiger partial charge >= 0.3 is 0 Å². The van der Waals surface area contributed by atoms with E-state index >= 15 is 0 Å². The van der Waals surface area contributed by atoms with Gasteiger partial charge in [-0.3, -0.25) is 0 Å². The zero-order valence-electron chi connectivity index (χ0n) is 10.2. The molecule has 0 amide bonds. The van der Waals surface area contributed by atoms with E-state index in [0.29, 0.717) is 11.5 Å². The third-order valence-corrected chi connectivity index (χ3v) is 2.24. The zero-order chi connectivity index (χ0) is 12.2. The van der Waals surface area contributed by atoms with Gasteiger partial charge < -0.3 is 14.2 Å². The van der Waals surface area contributed by atoms with Crippen LogP contribution in [0.4, 0.5) is 0 Å². The lowest BCUT2D eigenvalue weighted by Gasteiger charge is -2.23. The first-order valence-electron chi connectivity index (χ1n) is 5.07. The van der Waals surface area contributed by atoms with Crippen molar-refractivity contribution in [2.45, 2.75) is 19.4 Å². The Bertz CT molecular complexity index is 369. The maximum absolute atomic E-state index is 5.79. The van der Waals surface area contributed by atoms with Crippen LogP contribution >= 0.6 is 0 Å². The van der Waals surface area contributed by atoms with Crippen LogP contribution in [0.15, 0.2) is 30.9 Å². The molecule has 0 fully saturated rings. The number of methoxy groups -OCH3 is 2. The normalized spacial score (nSPS) is 10.8. The lowest BCUT2D eigenvalue weighted by molar-refractivity contribution is 0.155. The maximum Gasteiger partial charge on any atom is 0.166 e. The second-order valence-corrected chi connectivity index (χ2v) is 3.93. The number of hydrogen-bond donors (Lipinski definition) is 0. The third kappa shape index (κ3) is 2.92. The fraction of sp³-hybridized carbons (Fsp3) is 0.385. The Balaban J connectivity index is 3.04. The number of ether oxygens (including phenoxy) is 3. The van der Waals surface area contributed by atoms with Crippen LogP contribution in [0, 0.1) is 0 Å². The molecule has 88 valence electrons. The molecule has 0 heterocycles. The summed E-state index contributed by atoms with van der Waals surface area (Å²) in [5.74, 6) is 2.05. The maximum atomic E-state index is 5.79. The minimum absolute atomic E-state index is 0.445. The Kier molecular flexibility index (Phi) is 3.82. The van der Waals surface area contributed by atoms with E-state index < -0.39 is 5.60 Å². The Morgan fingerprint density at radius 3 is 2.31 bits per heavy atom. The molecule has 0 aliphatic heterocycles. The predicted octanol–water partition coefficient (Wildman–Crippen LogP) is 3.05. The van der Waals surface area contributed by atoms with E-state index in [-0.39, 0.29) is 0 Å². The molecule has 0 bridgehead atoms. The number of benzene rings is 1. The van der Waals surface area contributed by atoms with Crippen molar-refractivity contribution < 1.29 is 14.2 Å². The minimum atomic E-state index is -0.445. The minimum Gasteiger partial charge on any atom is -0.497 e. The van der Waals surface area contributed by atoms with E-state index in [4.69, 9.17) is 14.2 Å². The fourth-order valence-corrected chi connectivity index (χ4v) is 1.19. The van der Waals surface area contributed by atoms with Crippen LogP contribution in [-0.2, 0) is 0 Å². The highest BCUT2D eigenvalue weighted by molar-refractivity contribution is 5.46. The molecule has 0 aliphatic rings. The Morgan fingerprint density at radius 1 is 1.12 bits per heavy atom. The fourth-order valence-electron chi connectivity index (χ4n) is 1.19. The molecule has 3 nitrogen and oxygen atoms in total. The first-order valence-corrected chi connectivity index (χ1v) is 5.07. The number of rotatable bonds is 5. The molecule has 1 aromatic rings. The quantitative estimate of drug-likeness (QED) is 0.717. The van der Waals surface area contributed by atoms with Crippen molar-refractivity contribution in [1.29, 1.82) is 0 Å². The average molecular weight is 222 g/mol. The topological polar surface area (TPSA) is 27.7 Å². The van der Waals surface area contributed by atoms with Gasteiger partial charge in [-0.25, -0.2) is 0 Å². The summed E-state index contributed by atoms with van der Waals surface area (Å²) in [6.45, 7) is 7.59. The highest BCUT2D eigenvalue weighted by Crippen LogP contribution is 2.33. The van der Waals surface area contributed by atoms with Gasteiger partial charge in [-0.05, 0) is 32.1 Å². The predicted molar refractivity (Wildman–Crippen MR) is 64.5 cm³/mol.